The summed E-state index contributed by atoms with van der Waals surface area (Å²) in [6.07, 6.45) is 1.69. The fourth-order valence-electron chi connectivity index (χ4n) is 2.84. The minimum absolute atomic E-state index is 0.0790. The average Bonchev–Trinajstić information content (AvgIpc) is 3.39. The smallest absolute Gasteiger partial charge is 0.292 e. The second-order valence-electron chi connectivity index (χ2n) is 6.59. The predicted molar refractivity (Wildman–Crippen MR) is 115 cm³/mol. The molecule has 0 fully saturated rings. The van der Waals surface area contributed by atoms with Crippen LogP contribution < -0.4 is 10.1 Å². The lowest BCUT2D eigenvalue weighted by molar-refractivity contribution is 0.0992. The summed E-state index contributed by atoms with van der Waals surface area (Å²) in [6.45, 7) is 0.456. The fraction of sp³-hybridized carbons (Fsp3) is 0.0909. The van der Waals surface area contributed by atoms with Crippen LogP contribution in [0.2, 0.25) is 10.0 Å². The van der Waals surface area contributed by atoms with Gasteiger partial charge in [0.1, 0.15) is 29.0 Å². The molecular formula is C22H16Cl2FN3O3. The normalized spacial score (nSPS) is 10.8. The van der Waals surface area contributed by atoms with Crippen LogP contribution in [0.5, 0.6) is 5.75 Å². The first-order valence-electron chi connectivity index (χ1n) is 9.23. The van der Waals surface area contributed by atoms with E-state index in [4.69, 9.17) is 32.4 Å². The molecule has 2 heterocycles. The molecule has 0 saturated carbocycles. The van der Waals surface area contributed by atoms with Crippen molar-refractivity contribution >= 4 is 34.9 Å². The number of ether oxygens (including phenoxy) is 1. The minimum atomic E-state index is -0.456. The number of amides is 1. The van der Waals surface area contributed by atoms with Gasteiger partial charge in [0, 0.05) is 12.3 Å². The average molecular weight is 460 g/mol. The van der Waals surface area contributed by atoms with E-state index >= 15 is 0 Å². The molecule has 0 unspecified atom stereocenters. The summed E-state index contributed by atoms with van der Waals surface area (Å²) >= 11 is 12.0. The van der Waals surface area contributed by atoms with E-state index in [0.29, 0.717) is 33.9 Å². The quantitative estimate of drug-likeness (QED) is 0.379. The Kier molecular flexibility index (Phi) is 6.25. The molecule has 1 amide bonds. The van der Waals surface area contributed by atoms with E-state index < -0.39 is 5.91 Å². The van der Waals surface area contributed by atoms with Crippen LogP contribution in [0, 0.1) is 5.82 Å². The Bertz CT molecular complexity index is 1220. The van der Waals surface area contributed by atoms with Crippen molar-refractivity contribution in [1.29, 1.82) is 0 Å². The van der Waals surface area contributed by atoms with Crippen LogP contribution in [-0.4, -0.2) is 15.7 Å². The molecule has 0 radical (unpaired) electrons. The summed E-state index contributed by atoms with van der Waals surface area (Å²) in [5.74, 6) is 0.548. The van der Waals surface area contributed by atoms with Crippen molar-refractivity contribution in [3.05, 3.63) is 99.8 Å². The molecule has 31 heavy (non-hydrogen) atoms. The second-order valence-corrected chi connectivity index (χ2v) is 7.37. The largest absolute Gasteiger partial charge is 0.484 e. The van der Waals surface area contributed by atoms with Crippen LogP contribution in [0.3, 0.4) is 0 Å². The third kappa shape index (κ3) is 5.25. The Morgan fingerprint density at radius 2 is 1.97 bits per heavy atom. The molecule has 0 bridgehead atoms. The maximum absolute atomic E-state index is 13.3. The summed E-state index contributed by atoms with van der Waals surface area (Å²) in [5, 5.41) is 7.62. The van der Waals surface area contributed by atoms with Crippen molar-refractivity contribution in [3.63, 3.8) is 0 Å². The van der Waals surface area contributed by atoms with Gasteiger partial charge in [0.05, 0.1) is 11.6 Å². The number of aromatic nitrogens is 2. The fourth-order valence-corrected chi connectivity index (χ4v) is 3.19. The Balaban J connectivity index is 1.35. The molecule has 1 N–H and O–H groups in total. The van der Waals surface area contributed by atoms with Crippen molar-refractivity contribution < 1.29 is 18.3 Å². The van der Waals surface area contributed by atoms with Crippen molar-refractivity contribution in [2.24, 2.45) is 0 Å². The Hall–Kier alpha value is -3.29. The zero-order valence-electron chi connectivity index (χ0n) is 16.0. The lowest BCUT2D eigenvalue weighted by Crippen LogP contribution is -2.12. The predicted octanol–water partition coefficient (Wildman–Crippen LogP) is 5.80. The summed E-state index contributed by atoms with van der Waals surface area (Å²) in [6, 6.07) is 16.1. The molecule has 0 saturated heterocycles. The van der Waals surface area contributed by atoms with Crippen LogP contribution in [0.4, 0.5) is 10.2 Å². The molecule has 4 rings (SSSR count). The number of nitrogens with one attached hydrogen (secondary N) is 1. The molecule has 6 nitrogen and oxygen atoms in total. The Morgan fingerprint density at radius 3 is 2.81 bits per heavy atom. The highest BCUT2D eigenvalue weighted by Crippen LogP contribution is 2.32. The molecule has 2 aromatic carbocycles. The molecule has 158 valence electrons. The van der Waals surface area contributed by atoms with E-state index in [1.807, 2.05) is 0 Å². The van der Waals surface area contributed by atoms with Gasteiger partial charge < -0.3 is 14.5 Å². The van der Waals surface area contributed by atoms with Crippen LogP contribution in [-0.2, 0) is 13.2 Å². The van der Waals surface area contributed by atoms with Gasteiger partial charge in [0.25, 0.3) is 5.91 Å². The van der Waals surface area contributed by atoms with E-state index in [-0.39, 0.29) is 18.2 Å². The maximum atomic E-state index is 13.3. The monoisotopic (exact) mass is 459 g/mol. The van der Waals surface area contributed by atoms with Gasteiger partial charge in [-0.25, -0.2) is 4.39 Å². The number of halogens is 3. The highest BCUT2D eigenvalue weighted by atomic mass is 35.5. The molecule has 2 aromatic heterocycles. The topological polar surface area (TPSA) is 69.3 Å². The van der Waals surface area contributed by atoms with Gasteiger partial charge in [0.2, 0.25) is 0 Å². The lowest BCUT2D eigenvalue weighted by Gasteiger charge is -2.07. The number of nitrogens with zero attached hydrogens (tertiary/aromatic N) is 2. The van der Waals surface area contributed by atoms with Gasteiger partial charge in [-0.05, 0) is 42.0 Å². The third-order valence-corrected chi connectivity index (χ3v) is 5.09. The summed E-state index contributed by atoms with van der Waals surface area (Å²) in [5.41, 5.74) is 0.761. The molecule has 4 aromatic rings. The number of furan rings is 1. The summed E-state index contributed by atoms with van der Waals surface area (Å²) in [4.78, 5) is 12.4. The van der Waals surface area contributed by atoms with E-state index in [9.17, 15) is 9.18 Å². The number of rotatable bonds is 7. The zero-order chi connectivity index (χ0) is 21.8. The van der Waals surface area contributed by atoms with Gasteiger partial charge in [-0.3, -0.25) is 9.48 Å². The highest BCUT2D eigenvalue weighted by molar-refractivity contribution is 6.42. The first kappa shape index (κ1) is 21.0. The van der Waals surface area contributed by atoms with Gasteiger partial charge in [-0.2, -0.15) is 5.10 Å². The van der Waals surface area contributed by atoms with Crippen molar-refractivity contribution in [3.8, 4) is 5.75 Å². The molecule has 0 spiro atoms. The van der Waals surface area contributed by atoms with Gasteiger partial charge in [0.15, 0.2) is 11.6 Å². The maximum Gasteiger partial charge on any atom is 0.292 e. The van der Waals surface area contributed by atoms with Gasteiger partial charge >= 0.3 is 0 Å². The molecule has 0 atom stereocenters. The standard InChI is InChI=1S/C22H16Cl2FN3O3/c23-17-5-2-6-18(21(17)24)30-13-16-7-8-19(31-16)22(29)26-20-9-10-28(27-20)12-14-3-1-4-15(25)11-14/h1-11H,12-13H2,(H,26,27,29). The highest BCUT2D eigenvalue weighted by Gasteiger charge is 2.14. The molecule has 0 aliphatic heterocycles. The number of anilines is 1. The van der Waals surface area contributed by atoms with Crippen LogP contribution in [0.25, 0.3) is 0 Å². The minimum Gasteiger partial charge on any atom is -0.484 e. The third-order valence-electron chi connectivity index (χ3n) is 4.29. The van der Waals surface area contributed by atoms with Crippen molar-refractivity contribution in [1.82, 2.24) is 9.78 Å². The van der Waals surface area contributed by atoms with E-state index in [2.05, 4.69) is 10.4 Å². The number of benzene rings is 2. The Morgan fingerprint density at radius 1 is 1.13 bits per heavy atom. The van der Waals surface area contributed by atoms with Crippen LogP contribution in [0.15, 0.2) is 71.3 Å². The van der Waals surface area contributed by atoms with Gasteiger partial charge in [-0.15, -0.1) is 0 Å². The van der Waals surface area contributed by atoms with Crippen molar-refractivity contribution in [2.75, 3.05) is 5.32 Å². The molecule has 0 aliphatic rings. The number of hydrogen-bond acceptors (Lipinski definition) is 4. The van der Waals surface area contributed by atoms with E-state index in [1.165, 1.54) is 18.2 Å². The number of carbonyl (C=O) groups excluding carboxylic acids is 1. The molecule has 9 heteroatoms. The molecule has 0 aliphatic carbocycles. The van der Waals surface area contributed by atoms with E-state index in [1.54, 1.807) is 53.3 Å². The lowest BCUT2D eigenvalue weighted by atomic mass is 10.2. The number of hydrogen-bond donors (Lipinski definition) is 1. The summed E-state index contributed by atoms with van der Waals surface area (Å²) in [7, 11) is 0. The summed E-state index contributed by atoms with van der Waals surface area (Å²) < 4.78 is 26.0. The Labute approximate surface area is 187 Å². The van der Waals surface area contributed by atoms with Crippen LogP contribution in [0.1, 0.15) is 21.9 Å². The van der Waals surface area contributed by atoms with E-state index in [0.717, 1.165) is 5.56 Å². The second kappa shape index (κ2) is 9.24. The van der Waals surface area contributed by atoms with Crippen LogP contribution >= 0.6 is 23.2 Å². The number of carbonyl (C=O) groups is 1. The first-order chi connectivity index (χ1) is 15.0. The van der Waals surface area contributed by atoms with Gasteiger partial charge in [-0.1, -0.05) is 41.4 Å². The first-order valence-corrected chi connectivity index (χ1v) is 9.98. The zero-order valence-corrected chi connectivity index (χ0v) is 17.5. The van der Waals surface area contributed by atoms with Crippen molar-refractivity contribution in [2.45, 2.75) is 13.2 Å². The SMILES string of the molecule is O=C(Nc1ccn(Cc2cccc(F)c2)n1)c1ccc(COc2cccc(Cl)c2Cl)o1. The molecular weight excluding hydrogens is 444 g/mol.